The maximum atomic E-state index is 11.6. The molecule has 0 bridgehead atoms. The van der Waals surface area contributed by atoms with E-state index in [1.807, 2.05) is 13.8 Å². The Morgan fingerprint density at radius 3 is 2.81 bits per heavy atom. The van der Waals surface area contributed by atoms with Crippen LogP contribution in [0.15, 0.2) is 11.6 Å². The van der Waals surface area contributed by atoms with Crippen LogP contribution in [0.3, 0.4) is 0 Å². The molecule has 16 heavy (non-hydrogen) atoms. The Morgan fingerprint density at radius 2 is 2.25 bits per heavy atom. The van der Waals surface area contributed by atoms with E-state index < -0.39 is 10.0 Å². The lowest BCUT2D eigenvalue weighted by atomic mass is 10.4. The van der Waals surface area contributed by atoms with Gasteiger partial charge in [0.1, 0.15) is 0 Å². The van der Waals surface area contributed by atoms with Gasteiger partial charge in [-0.25, -0.2) is 13.4 Å². The second-order valence-corrected chi connectivity index (χ2v) is 6.46. The summed E-state index contributed by atoms with van der Waals surface area (Å²) in [6.45, 7) is 4.76. The number of rotatable bonds is 7. The number of sulfonamides is 1. The molecule has 0 aliphatic rings. The molecule has 92 valence electrons. The smallest absolute Gasteiger partial charge is 0.234 e. The fraction of sp³-hybridized carbons (Fsp3) is 0.667. The number of thiazole rings is 1. The van der Waals surface area contributed by atoms with Crippen LogP contribution < -0.4 is 10.0 Å². The highest BCUT2D eigenvalue weighted by Gasteiger charge is 2.11. The van der Waals surface area contributed by atoms with Gasteiger partial charge >= 0.3 is 0 Å². The molecule has 0 aromatic carbocycles. The van der Waals surface area contributed by atoms with Crippen LogP contribution in [0.4, 0.5) is 5.13 Å². The average molecular weight is 263 g/mol. The Kier molecular flexibility index (Phi) is 5.17. The van der Waals surface area contributed by atoms with E-state index in [9.17, 15) is 8.42 Å². The van der Waals surface area contributed by atoms with E-state index in [0.717, 1.165) is 0 Å². The minimum absolute atomic E-state index is 0.117. The predicted molar refractivity (Wildman–Crippen MR) is 67.3 cm³/mol. The lowest BCUT2D eigenvalue weighted by Crippen LogP contribution is -2.26. The van der Waals surface area contributed by atoms with Crippen LogP contribution in [-0.2, 0) is 10.0 Å². The zero-order valence-corrected chi connectivity index (χ0v) is 11.1. The van der Waals surface area contributed by atoms with E-state index >= 15 is 0 Å². The van der Waals surface area contributed by atoms with Gasteiger partial charge in [0.15, 0.2) is 5.13 Å². The Labute approximate surface area is 100 Å². The number of hydrogen-bond acceptors (Lipinski definition) is 5. The molecule has 0 amide bonds. The Bertz CT molecular complexity index is 387. The first-order valence-electron chi connectivity index (χ1n) is 5.13. The van der Waals surface area contributed by atoms with E-state index in [1.165, 1.54) is 11.3 Å². The van der Waals surface area contributed by atoms with E-state index in [4.69, 9.17) is 0 Å². The summed E-state index contributed by atoms with van der Waals surface area (Å²) in [5.74, 6) is 0.117. The molecule has 1 aromatic rings. The van der Waals surface area contributed by atoms with Gasteiger partial charge in [-0.3, -0.25) is 4.72 Å². The molecule has 0 spiro atoms. The van der Waals surface area contributed by atoms with Crippen LogP contribution in [-0.4, -0.2) is 31.7 Å². The van der Waals surface area contributed by atoms with Crippen LogP contribution in [0.1, 0.15) is 20.3 Å². The molecule has 0 saturated heterocycles. The van der Waals surface area contributed by atoms with Gasteiger partial charge in [0.2, 0.25) is 10.0 Å². The molecule has 0 aliphatic heterocycles. The van der Waals surface area contributed by atoms with Crippen molar-refractivity contribution in [1.82, 2.24) is 10.3 Å². The van der Waals surface area contributed by atoms with Gasteiger partial charge in [0.25, 0.3) is 0 Å². The maximum absolute atomic E-state index is 11.6. The number of anilines is 1. The van der Waals surface area contributed by atoms with Gasteiger partial charge in [-0.15, -0.1) is 11.3 Å². The molecule has 1 heterocycles. The van der Waals surface area contributed by atoms with Gasteiger partial charge in [-0.2, -0.15) is 0 Å². The van der Waals surface area contributed by atoms with Crippen molar-refractivity contribution in [2.75, 3.05) is 17.0 Å². The van der Waals surface area contributed by atoms with Crippen molar-refractivity contribution in [3.63, 3.8) is 0 Å². The lowest BCUT2D eigenvalue weighted by molar-refractivity contribution is 0.571. The van der Waals surface area contributed by atoms with Crippen molar-refractivity contribution >= 4 is 26.5 Å². The topological polar surface area (TPSA) is 71.1 Å². The molecule has 0 aliphatic carbocycles. The van der Waals surface area contributed by atoms with Crippen molar-refractivity contribution in [3.8, 4) is 0 Å². The van der Waals surface area contributed by atoms with Crippen molar-refractivity contribution in [2.24, 2.45) is 0 Å². The van der Waals surface area contributed by atoms with E-state index in [2.05, 4.69) is 15.0 Å². The average Bonchev–Trinajstić information content (AvgIpc) is 2.64. The van der Waals surface area contributed by atoms with Crippen molar-refractivity contribution in [3.05, 3.63) is 11.6 Å². The zero-order valence-electron chi connectivity index (χ0n) is 9.43. The number of nitrogens with one attached hydrogen (secondary N) is 2. The minimum Gasteiger partial charge on any atom is -0.314 e. The Hall–Kier alpha value is -0.660. The largest absolute Gasteiger partial charge is 0.314 e. The summed E-state index contributed by atoms with van der Waals surface area (Å²) in [7, 11) is -3.24. The lowest BCUT2D eigenvalue weighted by Gasteiger charge is -2.08. The van der Waals surface area contributed by atoms with Crippen molar-refractivity contribution in [2.45, 2.75) is 26.3 Å². The molecule has 5 nitrogen and oxygen atoms in total. The third-order valence-electron chi connectivity index (χ3n) is 1.82. The van der Waals surface area contributed by atoms with Crippen LogP contribution in [0, 0.1) is 0 Å². The molecule has 1 rings (SSSR count). The summed E-state index contributed by atoms with van der Waals surface area (Å²) < 4.78 is 25.6. The molecule has 0 radical (unpaired) electrons. The third kappa shape index (κ3) is 5.43. The summed E-state index contributed by atoms with van der Waals surface area (Å²) in [5.41, 5.74) is 0. The molecule has 0 saturated carbocycles. The second kappa shape index (κ2) is 6.17. The fourth-order valence-corrected chi connectivity index (χ4v) is 3.00. The van der Waals surface area contributed by atoms with Gasteiger partial charge < -0.3 is 5.32 Å². The molecule has 7 heteroatoms. The molecule has 0 unspecified atom stereocenters. The van der Waals surface area contributed by atoms with Crippen molar-refractivity contribution in [1.29, 1.82) is 0 Å². The molecule has 1 aromatic heterocycles. The van der Waals surface area contributed by atoms with Gasteiger partial charge in [0, 0.05) is 17.6 Å². The highest BCUT2D eigenvalue weighted by atomic mass is 32.2. The maximum Gasteiger partial charge on any atom is 0.234 e. The number of hydrogen-bond donors (Lipinski definition) is 2. The van der Waals surface area contributed by atoms with E-state index in [-0.39, 0.29) is 5.75 Å². The van der Waals surface area contributed by atoms with Gasteiger partial charge in [-0.1, -0.05) is 13.8 Å². The van der Waals surface area contributed by atoms with Crippen LogP contribution in [0.25, 0.3) is 0 Å². The zero-order chi connectivity index (χ0) is 12.0. The summed E-state index contributed by atoms with van der Waals surface area (Å²) in [6.07, 6.45) is 2.17. The monoisotopic (exact) mass is 263 g/mol. The minimum atomic E-state index is -3.24. The van der Waals surface area contributed by atoms with E-state index in [1.54, 1.807) is 11.6 Å². The summed E-state index contributed by atoms with van der Waals surface area (Å²) in [4.78, 5) is 3.87. The molecule has 0 fully saturated rings. The first-order valence-corrected chi connectivity index (χ1v) is 7.66. The van der Waals surface area contributed by atoms with Gasteiger partial charge in [0.05, 0.1) is 5.75 Å². The molecular weight excluding hydrogens is 246 g/mol. The highest BCUT2D eigenvalue weighted by Crippen LogP contribution is 2.12. The SMILES string of the molecule is CC(C)NCCCS(=O)(=O)Nc1nccs1. The predicted octanol–water partition coefficient (Wildman–Crippen LogP) is 1.27. The quantitative estimate of drug-likeness (QED) is 0.727. The van der Waals surface area contributed by atoms with Crippen LogP contribution >= 0.6 is 11.3 Å². The van der Waals surface area contributed by atoms with Gasteiger partial charge in [-0.05, 0) is 13.0 Å². The normalized spacial score (nSPS) is 11.9. The Balaban J connectivity index is 2.30. The summed E-state index contributed by atoms with van der Waals surface area (Å²) >= 11 is 1.28. The number of nitrogens with zero attached hydrogens (tertiary/aromatic N) is 1. The fourth-order valence-electron chi connectivity index (χ4n) is 1.11. The van der Waals surface area contributed by atoms with E-state index in [0.29, 0.717) is 24.1 Å². The third-order valence-corrected chi connectivity index (χ3v) is 3.97. The standard InChI is InChI=1S/C9H17N3O2S2/c1-8(2)10-4-3-7-16(13,14)12-9-11-5-6-15-9/h5-6,8,10H,3-4,7H2,1-2H3,(H,11,12). The van der Waals surface area contributed by atoms with Crippen LogP contribution in [0.5, 0.6) is 0 Å². The van der Waals surface area contributed by atoms with Crippen molar-refractivity contribution < 1.29 is 8.42 Å². The van der Waals surface area contributed by atoms with Crippen LogP contribution in [0.2, 0.25) is 0 Å². The Morgan fingerprint density at radius 1 is 1.50 bits per heavy atom. The highest BCUT2D eigenvalue weighted by molar-refractivity contribution is 7.92. The number of aromatic nitrogens is 1. The summed E-state index contributed by atoms with van der Waals surface area (Å²) in [5, 5.41) is 5.33. The first-order chi connectivity index (χ1) is 7.49. The molecule has 0 atom stereocenters. The summed E-state index contributed by atoms with van der Waals surface area (Å²) in [6, 6.07) is 0.384. The molecule has 2 N–H and O–H groups in total. The second-order valence-electron chi connectivity index (χ2n) is 3.72. The molecular formula is C9H17N3O2S2. The first kappa shape index (κ1) is 13.4.